The van der Waals surface area contributed by atoms with E-state index in [9.17, 15) is 0 Å². The van der Waals surface area contributed by atoms with E-state index >= 15 is 0 Å². The molecule has 5 heteroatoms. The highest BCUT2D eigenvalue weighted by molar-refractivity contribution is 6.25. The van der Waals surface area contributed by atoms with Gasteiger partial charge in [0.05, 0.1) is 22.1 Å². The van der Waals surface area contributed by atoms with Crippen LogP contribution in [0.5, 0.6) is 0 Å². The first-order valence-corrected chi connectivity index (χ1v) is 24.3. The van der Waals surface area contributed by atoms with Gasteiger partial charge in [0.1, 0.15) is 23.2 Å². The topological polar surface area (TPSA) is 54.8 Å². The Balaban J connectivity index is 1.19. The second-order valence-corrected chi connectivity index (χ2v) is 20.7. The van der Waals surface area contributed by atoms with Gasteiger partial charge in [-0.2, -0.15) is 0 Å². The zero-order valence-corrected chi connectivity index (χ0v) is 40.5. The van der Waals surface area contributed by atoms with Gasteiger partial charge in [0.2, 0.25) is 0 Å². The fourth-order valence-electron chi connectivity index (χ4n) is 10.3. The molecule has 1 aliphatic rings. The lowest BCUT2D eigenvalue weighted by Crippen LogP contribution is -2.33. The van der Waals surface area contributed by atoms with E-state index in [0.717, 1.165) is 105 Å². The quantitative estimate of drug-likeness (QED) is 0.173. The molecule has 11 aromatic rings. The summed E-state index contributed by atoms with van der Waals surface area (Å²) < 4.78 is 9.65. The Hall–Kier alpha value is -8.28. The van der Waals surface area contributed by atoms with Crippen LogP contribution in [0.2, 0.25) is 0 Å². The molecule has 12 rings (SSSR count). The predicted octanol–water partition coefficient (Wildman–Crippen LogP) is 16.8. The van der Waals surface area contributed by atoms with E-state index in [1.165, 1.54) is 11.1 Å². The van der Waals surface area contributed by atoms with Crippen molar-refractivity contribution in [2.75, 3.05) is 0 Å². The molecule has 70 heavy (non-hydrogen) atoms. The van der Waals surface area contributed by atoms with E-state index in [1.807, 2.05) is 12.1 Å². The van der Waals surface area contributed by atoms with Crippen molar-refractivity contribution in [2.24, 2.45) is 9.98 Å². The van der Waals surface area contributed by atoms with Gasteiger partial charge in [-0.05, 0) is 74.5 Å². The van der Waals surface area contributed by atoms with Gasteiger partial charge in [-0.1, -0.05) is 217 Å². The summed E-state index contributed by atoms with van der Waals surface area (Å²) in [5, 5.41) is 8.09. The summed E-state index contributed by atoms with van der Waals surface area (Å²) in [4.78, 5) is 10.8. The largest absolute Gasteiger partial charge is 0.455 e. The third kappa shape index (κ3) is 7.50. The maximum atomic E-state index is 7.17. The minimum absolute atomic E-state index is 0.0207. The molecule has 5 nitrogen and oxygen atoms in total. The van der Waals surface area contributed by atoms with E-state index < -0.39 is 0 Å². The molecular formula is C65H54N4O. The van der Waals surface area contributed by atoms with Crippen LogP contribution in [0.15, 0.2) is 221 Å². The Morgan fingerprint density at radius 3 is 1.59 bits per heavy atom. The van der Waals surface area contributed by atoms with Crippen molar-refractivity contribution in [3.8, 4) is 39.1 Å². The van der Waals surface area contributed by atoms with Gasteiger partial charge >= 0.3 is 0 Å². The summed E-state index contributed by atoms with van der Waals surface area (Å²) in [6, 6.07) is 74.2. The standard InChI is InChI=1S/C65H54N4O/c1-64(2,3)47-33-29-42(30-34-47)53-39-46(63-67-61(44-21-12-8-13-22-44)66-62(68-63)45-23-14-9-15-24-45)40-54(43-31-35-48(36-32-43)65(4,5)6)58(53)69-55-28-17-16-25-52(55)57-56(69)38-37-51-50-27-18-26-49(59(50)70-60(51)57)41-19-10-7-11-20-41/h7-40,61H,1-6H3,(H,66,67,68). The average molecular weight is 907 g/mol. The molecule has 1 unspecified atom stereocenters. The average Bonchev–Trinajstić information content (AvgIpc) is 3.94. The van der Waals surface area contributed by atoms with Crippen molar-refractivity contribution in [3.63, 3.8) is 0 Å². The Kier molecular flexibility index (Phi) is 10.3. The SMILES string of the molecule is CC(C)(C)c1ccc(-c2cc(C3=NC(c4ccccc4)NC(c4ccccc4)=N3)cc(-c3ccc(C(C)(C)C)cc3)c2-n2c3ccccc3c3c4oc5c(-c6ccccc6)cccc5c4ccc32)cc1. The number of hydrogen-bond donors (Lipinski definition) is 1. The van der Waals surface area contributed by atoms with E-state index in [2.05, 4.69) is 246 Å². The molecule has 9 aromatic carbocycles. The summed E-state index contributed by atoms with van der Waals surface area (Å²) in [6.45, 7) is 13.6. The molecule has 0 saturated heterocycles. The van der Waals surface area contributed by atoms with Crippen molar-refractivity contribution in [2.45, 2.75) is 58.5 Å². The minimum Gasteiger partial charge on any atom is -0.455 e. The molecule has 0 radical (unpaired) electrons. The first kappa shape index (κ1) is 43.0. The summed E-state index contributed by atoms with van der Waals surface area (Å²) in [5.41, 5.74) is 17.1. The number of furan rings is 1. The first-order valence-electron chi connectivity index (χ1n) is 24.3. The van der Waals surface area contributed by atoms with Gasteiger partial charge in [0.15, 0.2) is 5.84 Å². The Bertz CT molecular complexity index is 3750. The Morgan fingerprint density at radius 2 is 0.971 bits per heavy atom. The molecule has 1 atom stereocenters. The predicted molar refractivity (Wildman–Crippen MR) is 294 cm³/mol. The number of nitrogens with zero attached hydrogens (tertiary/aromatic N) is 3. The summed E-state index contributed by atoms with van der Waals surface area (Å²) in [7, 11) is 0. The lowest BCUT2D eigenvalue weighted by molar-refractivity contribution is 0.590. The fraction of sp³-hybridized carbons (Fsp3) is 0.138. The van der Waals surface area contributed by atoms with Crippen molar-refractivity contribution in [1.29, 1.82) is 0 Å². The zero-order chi connectivity index (χ0) is 47.7. The summed E-state index contributed by atoms with van der Waals surface area (Å²) in [5.74, 6) is 1.45. The lowest BCUT2D eigenvalue weighted by atomic mass is 9.84. The first-order chi connectivity index (χ1) is 34.0. The third-order valence-electron chi connectivity index (χ3n) is 14.0. The lowest BCUT2D eigenvalue weighted by Gasteiger charge is -2.26. The zero-order valence-electron chi connectivity index (χ0n) is 40.5. The number of aliphatic imine (C=N–C) groups is 2. The van der Waals surface area contributed by atoms with Gasteiger partial charge in [0.25, 0.3) is 0 Å². The molecule has 340 valence electrons. The highest BCUT2D eigenvalue weighted by Crippen LogP contribution is 2.47. The molecule has 0 amide bonds. The molecule has 0 spiro atoms. The van der Waals surface area contributed by atoms with Crippen molar-refractivity contribution < 1.29 is 4.42 Å². The molecule has 1 N–H and O–H groups in total. The molecule has 0 fully saturated rings. The summed E-state index contributed by atoms with van der Waals surface area (Å²) in [6.07, 6.45) is -0.349. The molecule has 2 aromatic heterocycles. The third-order valence-corrected chi connectivity index (χ3v) is 14.0. The van der Waals surface area contributed by atoms with Crippen LogP contribution in [0.1, 0.15) is 75.5 Å². The van der Waals surface area contributed by atoms with Crippen LogP contribution in [0, 0.1) is 0 Å². The van der Waals surface area contributed by atoms with E-state index in [0.29, 0.717) is 5.84 Å². The molecular weight excluding hydrogens is 853 g/mol. The van der Waals surface area contributed by atoms with Gasteiger partial charge < -0.3 is 14.3 Å². The molecule has 0 saturated carbocycles. The normalized spacial score (nSPS) is 14.3. The van der Waals surface area contributed by atoms with Gasteiger partial charge in [-0.3, -0.25) is 0 Å². The number of amidine groups is 2. The second kappa shape index (κ2) is 16.7. The molecule has 0 bridgehead atoms. The van der Waals surface area contributed by atoms with E-state index in [4.69, 9.17) is 14.4 Å². The number of rotatable bonds is 7. The maximum Gasteiger partial charge on any atom is 0.159 e. The molecule has 3 heterocycles. The van der Waals surface area contributed by atoms with Crippen LogP contribution in [0.4, 0.5) is 0 Å². The molecule has 1 aliphatic heterocycles. The number of fused-ring (bicyclic) bond motifs is 7. The van der Waals surface area contributed by atoms with Gasteiger partial charge in [-0.25, -0.2) is 9.98 Å². The number of aromatic nitrogens is 1. The summed E-state index contributed by atoms with van der Waals surface area (Å²) >= 11 is 0. The monoisotopic (exact) mass is 906 g/mol. The fourth-order valence-corrected chi connectivity index (χ4v) is 10.3. The second-order valence-electron chi connectivity index (χ2n) is 20.7. The van der Waals surface area contributed by atoms with Crippen molar-refractivity contribution in [1.82, 2.24) is 9.88 Å². The Morgan fingerprint density at radius 1 is 0.443 bits per heavy atom. The highest BCUT2D eigenvalue weighted by Gasteiger charge is 2.28. The Labute approximate surface area is 409 Å². The number of benzene rings is 9. The van der Waals surface area contributed by atoms with Crippen LogP contribution in [-0.2, 0) is 10.8 Å². The van der Waals surface area contributed by atoms with Crippen LogP contribution < -0.4 is 5.32 Å². The number of para-hydroxylation sites is 2. The van der Waals surface area contributed by atoms with Crippen LogP contribution in [0.25, 0.3) is 82.8 Å². The smallest absolute Gasteiger partial charge is 0.159 e. The molecule has 0 aliphatic carbocycles. The van der Waals surface area contributed by atoms with Crippen LogP contribution in [-0.4, -0.2) is 16.2 Å². The van der Waals surface area contributed by atoms with E-state index in [1.54, 1.807) is 0 Å². The van der Waals surface area contributed by atoms with Crippen LogP contribution >= 0.6 is 0 Å². The number of nitrogens with one attached hydrogen (secondary N) is 1. The van der Waals surface area contributed by atoms with Gasteiger partial charge in [-0.15, -0.1) is 0 Å². The van der Waals surface area contributed by atoms with Crippen molar-refractivity contribution in [3.05, 3.63) is 234 Å². The van der Waals surface area contributed by atoms with Crippen molar-refractivity contribution >= 4 is 55.4 Å². The van der Waals surface area contributed by atoms with E-state index in [-0.39, 0.29) is 17.0 Å². The maximum absolute atomic E-state index is 7.17. The highest BCUT2D eigenvalue weighted by atomic mass is 16.3. The van der Waals surface area contributed by atoms with Gasteiger partial charge in [0, 0.05) is 44.0 Å². The number of hydrogen-bond acceptors (Lipinski definition) is 4. The minimum atomic E-state index is -0.349. The van der Waals surface area contributed by atoms with Crippen LogP contribution in [0.3, 0.4) is 0 Å².